The molecule has 0 atom stereocenters. The van der Waals surface area contributed by atoms with Crippen molar-refractivity contribution >= 4 is 34.9 Å². The minimum absolute atomic E-state index is 0.705. The molecule has 0 fully saturated rings. The van der Waals surface area contributed by atoms with Gasteiger partial charge in [-0.1, -0.05) is 17.7 Å². The summed E-state index contributed by atoms with van der Waals surface area (Å²) in [6.45, 7) is 0. The standard InChI is InChI=1S/C17H17ClN4S/c1-19-23-14-6-7-16(21-13-5-3-4-12(18)8-13)15(9-14)17-10-22(2)11-20-17/h3-11,19,21H,1-2H3. The third kappa shape index (κ3) is 3.88. The minimum atomic E-state index is 0.705. The Morgan fingerprint density at radius 2 is 2.04 bits per heavy atom. The number of rotatable bonds is 5. The molecule has 6 heteroatoms. The number of halogens is 1. The summed E-state index contributed by atoms with van der Waals surface area (Å²) in [4.78, 5) is 5.60. The molecule has 0 amide bonds. The lowest BCUT2D eigenvalue weighted by Gasteiger charge is -2.13. The minimum Gasteiger partial charge on any atom is -0.355 e. The third-order valence-electron chi connectivity index (χ3n) is 3.30. The number of nitrogens with zero attached hydrogens (tertiary/aromatic N) is 2. The Balaban J connectivity index is 2.01. The molecule has 0 aliphatic rings. The molecule has 0 radical (unpaired) electrons. The summed E-state index contributed by atoms with van der Waals surface area (Å²) in [7, 11) is 3.87. The van der Waals surface area contributed by atoms with Gasteiger partial charge in [0.1, 0.15) is 0 Å². The van der Waals surface area contributed by atoms with E-state index in [0.29, 0.717) is 5.02 Å². The number of nitrogens with one attached hydrogen (secondary N) is 2. The van der Waals surface area contributed by atoms with E-state index < -0.39 is 0 Å². The molecule has 0 aliphatic heterocycles. The maximum Gasteiger partial charge on any atom is 0.0951 e. The Bertz CT molecular complexity index is 816. The van der Waals surface area contributed by atoms with E-state index in [-0.39, 0.29) is 0 Å². The number of hydrogen-bond acceptors (Lipinski definition) is 4. The van der Waals surface area contributed by atoms with Gasteiger partial charge in [-0.25, -0.2) is 4.98 Å². The Hall–Kier alpha value is -1.95. The highest BCUT2D eigenvalue weighted by Gasteiger charge is 2.10. The van der Waals surface area contributed by atoms with Crippen molar-refractivity contribution in [3.63, 3.8) is 0 Å². The van der Waals surface area contributed by atoms with Crippen molar-refractivity contribution < 1.29 is 0 Å². The number of aromatic nitrogens is 2. The number of aryl methyl sites for hydroxylation is 1. The van der Waals surface area contributed by atoms with Gasteiger partial charge in [0.25, 0.3) is 0 Å². The second-order valence-corrected chi connectivity index (χ2v) is 6.59. The second kappa shape index (κ2) is 7.08. The molecular weight excluding hydrogens is 328 g/mol. The molecule has 23 heavy (non-hydrogen) atoms. The molecule has 0 saturated heterocycles. The summed E-state index contributed by atoms with van der Waals surface area (Å²) in [5, 5.41) is 4.13. The third-order valence-corrected chi connectivity index (χ3v) is 4.22. The first-order valence-electron chi connectivity index (χ1n) is 7.14. The van der Waals surface area contributed by atoms with E-state index in [9.17, 15) is 0 Å². The van der Waals surface area contributed by atoms with Crippen LogP contribution in [0.25, 0.3) is 11.3 Å². The smallest absolute Gasteiger partial charge is 0.0951 e. The van der Waals surface area contributed by atoms with E-state index in [1.54, 1.807) is 18.3 Å². The summed E-state index contributed by atoms with van der Waals surface area (Å²) in [5.41, 5.74) is 3.91. The highest BCUT2D eigenvalue weighted by atomic mass is 35.5. The maximum absolute atomic E-state index is 6.07. The number of imidazole rings is 1. The van der Waals surface area contributed by atoms with Crippen LogP contribution in [-0.4, -0.2) is 16.6 Å². The summed E-state index contributed by atoms with van der Waals surface area (Å²) in [5.74, 6) is 0. The van der Waals surface area contributed by atoms with Crippen molar-refractivity contribution in [3.8, 4) is 11.3 Å². The summed E-state index contributed by atoms with van der Waals surface area (Å²) in [6.07, 6.45) is 3.81. The monoisotopic (exact) mass is 344 g/mol. The Labute approximate surface area is 145 Å². The van der Waals surface area contributed by atoms with Gasteiger partial charge in [0.05, 0.1) is 12.0 Å². The average molecular weight is 345 g/mol. The molecule has 0 saturated carbocycles. The fourth-order valence-corrected chi connectivity index (χ4v) is 3.04. The zero-order valence-electron chi connectivity index (χ0n) is 12.9. The van der Waals surface area contributed by atoms with Gasteiger partial charge in [-0.3, -0.25) is 4.72 Å². The normalized spacial score (nSPS) is 10.7. The van der Waals surface area contributed by atoms with Crippen LogP contribution in [0.1, 0.15) is 0 Å². The molecule has 0 spiro atoms. The van der Waals surface area contributed by atoms with Gasteiger partial charge in [0, 0.05) is 40.1 Å². The van der Waals surface area contributed by atoms with Crippen molar-refractivity contribution in [1.82, 2.24) is 14.3 Å². The Morgan fingerprint density at radius 3 is 2.74 bits per heavy atom. The lowest BCUT2D eigenvalue weighted by atomic mass is 10.1. The summed E-state index contributed by atoms with van der Waals surface area (Å²) < 4.78 is 5.04. The van der Waals surface area contributed by atoms with Gasteiger partial charge in [0.2, 0.25) is 0 Å². The van der Waals surface area contributed by atoms with E-state index >= 15 is 0 Å². The first kappa shape index (κ1) is 15.9. The molecule has 4 nitrogen and oxygen atoms in total. The van der Waals surface area contributed by atoms with Crippen molar-refractivity contribution in [2.24, 2.45) is 7.05 Å². The maximum atomic E-state index is 6.07. The molecule has 3 rings (SSSR count). The first-order chi connectivity index (χ1) is 11.2. The van der Waals surface area contributed by atoms with Crippen LogP contribution in [-0.2, 0) is 7.05 Å². The van der Waals surface area contributed by atoms with Crippen LogP contribution in [0.5, 0.6) is 0 Å². The van der Waals surface area contributed by atoms with E-state index in [4.69, 9.17) is 11.6 Å². The van der Waals surface area contributed by atoms with Crippen LogP contribution >= 0.6 is 23.5 Å². The van der Waals surface area contributed by atoms with Crippen molar-refractivity contribution in [2.75, 3.05) is 12.4 Å². The number of benzene rings is 2. The van der Waals surface area contributed by atoms with Crippen LogP contribution in [0.4, 0.5) is 11.4 Å². The van der Waals surface area contributed by atoms with Gasteiger partial charge in [-0.05, 0) is 55.4 Å². The SMILES string of the molecule is CNSc1ccc(Nc2cccc(Cl)c2)c(-c2cn(C)cn2)c1. The Morgan fingerprint density at radius 1 is 1.17 bits per heavy atom. The molecule has 2 aromatic carbocycles. The molecule has 118 valence electrons. The summed E-state index contributed by atoms with van der Waals surface area (Å²) >= 11 is 7.65. The predicted molar refractivity (Wildman–Crippen MR) is 98.3 cm³/mol. The van der Waals surface area contributed by atoms with Crippen LogP contribution in [0.3, 0.4) is 0 Å². The second-order valence-electron chi connectivity index (χ2n) is 5.07. The van der Waals surface area contributed by atoms with Crippen LogP contribution in [0, 0.1) is 0 Å². The van der Waals surface area contributed by atoms with Gasteiger partial charge >= 0.3 is 0 Å². The molecule has 1 heterocycles. The Kier molecular flexibility index (Phi) is 4.91. The van der Waals surface area contributed by atoms with Crippen LogP contribution in [0.2, 0.25) is 5.02 Å². The fraction of sp³-hybridized carbons (Fsp3) is 0.118. The van der Waals surface area contributed by atoms with Crippen molar-refractivity contribution in [2.45, 2.75) is 4.90 Å². The molecular formula is C17H17ClN4S. The zero-order chi connectivity index (χ0) is 16.2. The lowest BCUT2D eigenvalue weighted by molar-refractivity contribution is 0.913. The first-order valence-corrected chi connectivity index (χ1v) is 8.34. The van der Waals surface area contributed by atoms with Gasteiger partial charge in [-0.2, -0.15) is 0 Å². The van der Waals surface area contributed by atoms with Gasteiger partial charge in [0.15, 0.2) is 0 Å². The molecule has 0 unspecified atom stereocenters. The molecule has 1 aromatic heterocycles. The van der Waals surface area contributed by atoms with Crippen molar-refractivity contribution in [1.29, 1.82) is 0 Å². The van der Waals surface area contributed by atoms with E-state index in [0.717, 1.165) is 27.5 Å². The fourth-order valence-electron chi connectivity index (χ4n) is 2.30. The average Bonchev–Trinajstić information content (AvgIpc) is 2.95. The van der Waals surface area contributed by atoms with E-state index in [1.807, 2.05) is 49.1 Å². The number of anilines is 2. The van der Waals surface area contributed by atoms with Gasteiger partial charge in [-0.15, -0.1) is 0 Å². The topological polar surface area (TPSA) is 41.9 Å². The lowest BCUT2D eigenvalue weighted by Crippen LogP contribution is -1.96. The van der Waals surface area contributed by atoms with Crippen LogP contribution in [0.15, 0.2) is 59.9 Å². The van der Waals surface area contributed by atoms with E-state index in [1.165, 1.54) is 0 Å². The van der Waals surface area contributed by atoms with Gasteiger partial charge < -0.3 is 9.88 Å². The zero-order valence-corrected chi connectivity index (χ0v) is 14.4. The summed E-state index contributed by atoms with van der Waals surface area (Å²) in [6, 6.07) is 13.9. The van der Waals surface area contributed by atoms with Crippen LogP contribution < -0.4 is 10.0 Å². The highest BCUT2D eigenvalue weighted by Crippen LogP contribution is 2.33. The largest absolute Gasteiger partial charge is 0.355 e. The predicted octanol–water partition coefficient (Wildman–Crippen LogP) is 4.71. The van der Waals surface area contributed by atoms with Crippen molar-refractivity contribution in [3.05, 3.63) is 60.0 Å². The molecule has 0 bridgehead atoms. The quantitative estimate of drug-likeness (QED) is 0.658. The molecule has 3 aromatic rings. The van der Waals surface area contributed by atoms with E-state index in [2.05, 4.69) is 33.2 Å². The molecule has 2 N–H and O–H groups in total. The number of hydrogen-bond donors (Lipinski definition) is 2. The highest BCUT2D eigenvalue weighted by molar-refractivity contribution is 7.97. The molecule has 0 aliphatic carbocycles.